The van der Waals surface area contributed by atoms with E-state index < -0.39 is 4.92 Å². The lowest BCUT2D eigenvalue weighted by molar-refractivity contribution is -0.385. The van der Waals surface area contributed by atoms with Gasteiger partial charge in [-0.25, -0.2) is 4.68 Å². The fourth-order valence-corrected chi connectivity index (χ4v) is 1.78. The van der Waals surface area contributed by atoms with Crippen molar-refractivity contribution in [1.82, 2.24) is 9.78 Å². The molecule has 0 unspecified atom stereocenters. The van der Waals surface area contributed by atoms with E-state index >= 15 is 0 Å². The quantitative estimate of drug-likeness (QED) is 0.596. The number of aryl methyl sites for hydroxylation is 1. The van der Waals surface area contributed by atoms with Crippen molar-refractivity contribution < 1.29 is 4.92 Å². The first-order valence-electron chi connectivity index (χ1n) is 4.56. The maximum absolute atomic E-state index is 10.8. The van der Waals surface area contributed by atoms with Gasteiger partial charge < -0.3 is 0 Å². The van der Waals surface area contributed by atoms with Crippen LogP contribution in [0.1, 0.15) is 5.69 Å². The third-order valence-corrected chi connectivity index (χ3v) is 2.50. The number of hydrogen-bond donors (Lipinski definition) is 0. The second-order valence-corrected chi connectivity index (χ2v) is 3.59. The lowest BCUT2D eigenvalue weighted by Gasteiger charge is -2.00. The molecule has 82 valence electrons. The van der Waals surface area contributed by atoms with Crippen LogP contribution in [0.3, 0.4) is 0 Å². The van der Waals surface area contributed by atoms with E-state index in [4.69, 9.17) is 11.6 Å². The number of benzene rings is 1. The van der Waals surface area contributed by atoms with Crippen molar-refractivity contribution in [3.8, 4) is 5.69 Å². The van der Waals surface area contributed by atoms with Gasteiger partial charge in [0.2, 0.25) is 5.15 Å². The van der Waals surface area contributed by atoms with Gasteiger partial charge in [0, 0.05) is 0 Å². The average molecular weight is 238 g/mol. The molecule has 0 saturated carbocycles. The highest BCUT2D eigenvalue weighted by Crippen LogP contribution is 2.29. The van der Waals surface area contributed by atoms with Crippen molar-refractivity contribution in [2.24, 2.45) is 0 Å². The number of nitro groups is 1. The topological polar surface area (TPSA) is 61.0 Å². The number of aromatic nitrogens is 2. The molecule has 5 nitrogen and oxygen atoms in total. The first-order valence-corrected chi connectivity index (χ1v) is 4.94. The third-order valence-electron chi connectivity index (χ3n) is 2.16. The maximum atomic E-state index is 10.8. The van der Waals surface area contributed by atoms with E-state index in [2.05, 4.69) is 5.10 Å². The molecule has 1 aromatic heterocycles. The molecule has 0 bridgehead atoms. The van der Waals surface area contributed by atoms with Crippen molar-refractivity contribution in [3.63, 3.8) is 0 Å². The summed E-state index contributed by atoms with van der Waals surface area (Å²) in [5.74, 6) is 0. The zero-order valence-electron chi connectivity index (χ0n) is 8.42. The van der Waals surface area contributed by atoms with Crippen LogP contribution in [0.5, 0.6) is 0 Å². The molecular formula is C10H8ClN3O2. The average Bonchev–Trinajstić information content (AvgIpc) is 2.55. The molecule has 16 heavy (non-hydrogen) atoms. The van der Waals surface area contributed by atoms with Crippen LogP contribution in [-0.4, -0.2) is 14.7 Å². The summed E-state index contributed by atoms with van der Waals surface area (Å²) >= 11 is 5.92. The fraction of sp³-hybridized carbons (Fsp3) is 0.100. The number of rotatable bonds is 2. The number of para-hydroxylation sites is 1. The number of hydrogen-bond acceptors (Lipinski definition) is 3. The second kappa shape index (κ2) is 3.94. The van der Waals surface area contributed by atoms with Gasteiger partial charge in [-0.3, -0.25) is 10.1 Å². The molecule has 0 saturated heterocycles. The number of nitrogens with zero attached hydrogens (tertiary/aromatic N) is 3. The first kappa shape index (κ1) is 10.6. The largest absolute Gasteiger partial charge is 0.329 e. The molecule has 6 heteroatoms. The Morgan fingerprint density at radius 2 is 2.00 bits per heavy atom. The number of halogens is 1. The minimum absolute atomic E-state index is 0.0219. The smallest absolute Gasteiger partial charge is 0.258 e. The van der Waals surface area contributed by atoms with Crippen LogP contribution in [0.2, 0.25) is 5.15 Å². The van der Waals surface area contributed by atoms with Crippen molar-refractivity contribution >= 4 is 17.3 Å². The molecule has 0 amide bonds. The van der Waals surface area contributed by atoms with Gasteiger partial charge in [0.15, 0.2) is 0 Å². The molecule has 0 radical (unpaired) electrons. The highest BCUT2D eigenvalue weighted by Gasteiger charge is 2.24. The third kappa shape index (κ3) is 1.65. The predicted octanol–water partition coefficient (Wildman–Crippen LogP) is 2.74. The standard InChI is InChI=1S/C10H8ClN3O2/c1-7-9(14(15)16)10(11)13(12-7)8-5-3-2-4-6-8/h2-6H,1H3. The maximum Gasteiger partial charge on any atom is 0.329 e. The highest BCUT2D eigenvalue weighted by atomic mass is 35.5. The van der Waals surface area contributed by atoms with E-state index in [1.165, 1.54) is 4.68 Å². The highest BCUT2D eigenvalue weighted by molar-refractivity contribution is 6.32. The summed E-state index contributed by atoms with van der Waals surface area (Å²) < 4.78 is 1.36. The minimum Gasteiger partial charge on any atom is -0.258 e. The van der Waals surface area contributed by atoms with Crippen molar-refractivity contribution in [3.05, 3.63) is 51.3 Å². The van der Waals surface area contributed by atoms with Gasteiger partial charge in [-0.15, -0.1) is 0 Å². The molecule has 0 atom stereocenters. The molecule has 0 aliphatic heterocycles. The van der Waals surface area contributed by atoms with Crippen LogP contribution in [-0.2, 0) is 0 Å². The Hall–Kier alpha value is -1.88. The summed E-state index contributed by atoms with van der Waals surface area (Å²) in [5.41, 5.74) is 0.855. The fourth-order valence-electron chi connectivity index (χ4n) is 1.44. The summed E-state index contributed by atoms with van der Waals surface area (Å²) in [4.78, 5) is 10.2. The van der Waals surface area contributed by atoms with E-state index in [0.29, 0.717) is 11.4 Å². The predicted molar refractivity (Wildman–Crippen MR) is 60.0 cm³/mol. The summed E-state index contributed by atoms with van der Waals surface area (Å²) in [6, 6.07) is 9.04. The van der Waals surface area contributed by atoms with Crippen molar-refractivity contribution in [2.75, 3.05) is 0 Å². The van der Waals surface area contributed by atoms with Crippen LogP contribution < -0.4 is 0 Å². The molecule has 0 aliphatic carbocycles. The summed E-state index contributed by atoms with van der Waals surface area (Å²) in [5, 5.41) is 14.8. The summed E-state index contributed by atoms with van der Waals surface area (Å²) in [6.45, 7) is 1.56. The molecule has 0 spiro atoms. The van der Waals surface area contributed by atoms with E-state index in [-0.39, 0.29) is 10.8 Å². The van der Waals surface area contributed by atoms with Crippen LogP contribution >= 0.6 is 11.6 Å². The zero-order chi connectivity index (χ0) is 11.7. The van der Waals surface area contributed by atoms with Gasteiger partial charge in [0.1, 0.15) is 5.69 Å². The van der Waals surface area contributed by atoms with E-state index in [1.54, 1.807) is 19.1 Å². The van der Waals surface area contributed by atoms with Crippen LogP contribution in [0.15, 0.2) is 30.3 Å². The first-order chi connectivity index (χ1) is 7.61. The zero-order valence-corrected chi connectivity index (χ0v) is 9.18. The van der Waals surface area contributed by atoms with E-state index in [1.807, 2.05) is 18.2 Å². The van der Waals surface area contributed by atoms with E-state index in [9.17, 15) is 10.1 Å². The van der Waals surface area contributed by atoms with E-state index in [0.717, 1.165) is 0 Å². The Balaban J connectivity index is 2.61. The van der Waals surface area contributed by atoms with Gasteiger partial charge in [0.25, 0.3) is 0 Å². The Kier molecular flexibility index (Phi) is 2.62. The van der Waals surface area contributed by atoms with Gasteiger partial charge in [0.05, 0.1) is 10.6 Å². The molecule has 0 aliphatic rings. The molecular weight excluding hydrogens is 230 g/mol. The van der Waals surface area contributed by atoms with Gasteiger partial charge in [-0.05, 0) is 19.1 Å². The lowest BCUT2D eigenvalue weighted by Crippen LogP contribution is -1.96. The molecule has 0 N–H and O–H groups in total. The van der Waals surface area contributed by atoms with Crippen LogP contribution in [0.4, 0.5) is 5.69 Å². The van der Waals surface area contributed by atoms with Crippen LogP contribution in [0.25, 0.3) is 5.69 Å². The van der Waals surface area contributed by atoms with Crippen molar-refractivity contribution in [2.45, 2.75) is 6.92 Å². The lowest BCUT2D eigenvalue weighted by atomic mass is 10.3. The van der Waals surface area contributed by atoms with Crippen LogP contribution in [0, 0.1) is 17.0 Å². The molecule has 1 aromatic carbocycles. The second-order valence-electron chi connectivity index (χ2n) is 3.23. The summed E-state index contributed by atoms with van der Waals surface area (Å²) in [6.07, 6.45) is 0. The van der Waals surface area contributed by atoms with Gasteiger partial charge in [-0.1, -0.05) is 29.8 Å². The van der Waals surface area contributed by atoms with Gasteiger partial charge >= 0.3 is 5.69 Å². The molecule has 2 aromatic rings. The van der Waals surface area contributed by atoms with Crippen molar-refractivity contribution in [1.29, 1.82) is 0 Å². The molecule has 2 rings (SSSR count). The molecule has 1 heterocycles. The molecule has 0 fully saturated rings. The summed E-state index contributed by atoms with van der Waals surface area (Å²) in [7, 11) is 0. The van der Waals surface area contributed by atoms with Gasteiger partial charge in [-0.2, -0.15) is 5.10 Å². The SMILES string of the molecule is Cc1nn(-c2ccccc2)c(Cl)c1[N+](=O)[O-]. The minimum atomic E-state index is -0.524. The normalized spacial score (nSPS) is 10.4. The monoisotopic (exact) mass is 237 g/mol. The Labute approximate surface area is 96.4 Å². The Morgan fingerprint density at radius 3 is 2.50 bits per heavy atom. The Morgan fingerprint density at radius 1 is 1.38 bits per heavy atom. The Bertz CT molecular complexity index is 536.